The second-order valence-electron chi connectivity index (χ2n) is 4.17. The van der Waals surface area contributed by atoms with Crippen molar-refractivity contribution in [3.63, 3.8) is 0 Å². The average Bonchev–Trinajstić information content (AvgIpc) is 2.88. The van der Waals surface area contributed by atoms with Crippen LogP contribution in [0.5, 0.6) is 5.75 Å². The lowest BCUT2D eigenvalue weighted by Crippen LogP contribution is -2.12. The van der Waals surface area contributed by atoms with E-state index in [1.807, 2.05) is 36.4 Å². The van der Waals surface area contributed by atoms with Crippen LogP contribution >= 0.6 is 0 Å². The summed E-state index contributed by atoms with van der Waals surface area (Å²) in [5.41, 5.74) is 1.04. The molecule has 1 aromatic carbocycles. The minimum Gasteiger partial charge on any atom is -0.497 e. The Bertz CT molecular complexity index is 491. The van der Waals surface area contributed by atoms with Gasteiger partial charge in [0.05, 0.1) is 13.7 Å². The molecule has 1 aromatic heterocycles. The lowest BCUT2D eigenvalue weighted by atomic mass is 10.2. The fourth-order valence-electron chi connectivity index (χ4n) is 1.79. The van der Waals surface area contributed by atoms with Crippen LogP contribution in [0.1, 0.15) is 19.1 Å². The summed E-state index contributed by atoms with van der Waals surface area (Å²) in [6.45, 7) is 3.93. The first-order valence-corrected chi connectivity index (χ1v) is 6.27. The van der Waals surface area contributed by atoms with Gasteiger partial charge in [0.25, 0.3) is 0 Å². The van der Waals surface area contributed by atoms with Crippen LogP contribution in [0, 0.1) is 0 Å². The number of nitrogens with one attached hydrogen (secondary N) is 1. The topological polar surface area (TPSA) is 34.4 Å². The Morgan fingerprint density at radius 1 is 1.22 bits per heavy atom. The maximum Gasteiger partial charge on any atom is 0.134 e. The number of methoxy groups -OCH3 is 1. The van der Waals surface area contributed by atoms with Gasteiger partial charge in [-0.15, -0.1) is 0 Å². The second-order valence-corrected chi connectivity index (χ2v) is 4.17. The number of benzene rings is 1. The molecule has 1 heterocycles. The molecule has 3 nitrogen and oxygen atoms in total. The average molecular weight is 245 g/mol. The van der Waals surface area contributed by atoms with Gasteiger partial charge >= 0.3 is 0 Å². The summed E-state index contributed by atoms with van der Waals surface area (Å²) in [6, 6.07) is 11.9. The summed E-state index contributed by atoms with van der Waals surface area (Å²) < 4.78 is 11.0. The predicted molar refractivity (Wildman–Crippen MR) is 72.7 cm³/mol. The summed E-state index contributed by atoms with van der Waals surface area (Å²) >= 11 is 0. The van der Waals surface area contributed by atoms with Crippen LogP contribution in [0.25, 0.3) is 11.3 Å². The van der Waals surface area contributed by atoms with Crippen LogP contribution < -0.4 is 10.1 Å². The smallest absolute Gasteiger partial charge is 0.134 e. The zero-order valence-corrected chi connectivity index (χ0v) is 10.9. The fraction of sp³-hybridized carbons (Fsp3) is 0.333. The molecule has 0 fully saturated rings. The quantitative estimate of drug-likeness (QED) is 0.791. The maximum absolute atomic E-state index is 5.80. The summed E-state index contributed by atoms with van der Waals surface area (Å²) in [7, 11) is 1.67. The first kappa shape index (κ1) is 12.7. The first-order chi connectivity index (χ1) is 8.83. The highest BCUT2D eigenvalue weighted by molar-refractivity contribution is 5.59. The van der Waals surface area contributed by atoms with E-state index in [9.17, 15) is 0 Å². The molecule has 18 heavy (non-hydrogen) atoms. The summed E-state index contributed by atoms with van der Waals surface area (Å²) in [4.78, 5) is 0. The molecule has 0 atom stereocenters. The SMILES string of the molecule is CCCNCc1ccc(-c2cccc(OC)c2)o1. The van der Waals surface area contributed by atoms with E-state index in [1.165, 1.54) is 0 Å². The highest BCUT2D eigenvalue weighted by Gasteiger charge is 2.05. The molecule has 0 unspecified atom stereocenters. The lowest BCUT2D eigenvalue weighted by Gasteiger charge is -2.02. The first-order valence-electron chi connectivity index (χ1n) is 6.27. The van der Waals surface area contributed by atoms with Crippen molar-refractivity contribution in [1.82, 2.24) is 5.32 Å². The van der Waals surface area contributed by atoms with Gasteiger partial charge in [0.1, 0.15) is 17.3 Å². The van der Waals surface area contributed by atoms with Gasteiger partial charge in [-0.2, -0.15) is 0 Å². The lowest BCUT2D eigenvalue weighted by molar-refractivity contribution is 0.414. The molecule has 0 aliphatic carbocycles. The van der Waals surface area contributed by atoms with Crippen LogP contribution in [0.2, 0.25) is 0 Å². The normalized spacial score (nSPS) is 10.6. The van der Waals surface area contributed by atoms with Crippen molar-refractivity contribution in [2.75, 3.05) is 13.7 Å². The van der Waals surface area contributed by atoms with Gasteiger partial charge in [-0.3, -0.25) is 0 Å². The number of rotatable bonds is 6. The highest BCUT2D eigenvalue weighted by Crippen LogP contribution is 2.25. The molecule has 1 N–H and O–H groups in total. The van der Waals surface area contributed by atoms with Crippen LogP contribution in [-0.4, -0.2) is 13.7 Å². The Morgan fingerprint density at radius 3 is 2.89 bits per heavy atom. The molecular formula is C15H19NO2. The molecule has 3 heteroatoms. The van der Waals surface area contributed by atoms with Crippen molar-refractivity contribution in [2.24, 2.45) is 0 Å². The van der Waals surface area contributed by atoms with Crippen molar-refractivity contribution in [3.05, 3.63) is 42.2 Å². The fourth-order valence-corrected chi connectivity index (χ4v) is 1.79. The Morgan fingerprint density at radius 2 is 2.11 bits per heavy atom. The summed E-state index contributed by atoms with van der Waals surface area (Å²) in [5, 5.41) is 3.32. The van der Waals surface area contributed by atoms with Gasteiger partial charge in [-0.25, -0.2) is 0 Å². The van der Waals surface area contributed by atoms with Crippen LogP contribution in [-0.2, 0) is 6.54 Å². The Labute approximate surface area is 108 Å². The van der Waals surface area contributed by atoms with Crippen LogP contribution in [0.15, 0.2) is 40.8 Å². The molecule has 2 rings (SSSR count). The third kappa shape index (κ3) is 3.14. The van der Waals surface area contributed by atoms with Gasteiger partial charge in [-0.1, -0.05) is 19.1 Å². The molecular weight excluding hydrogens is 226 g/mol. The van der Waals surface area contributed by atoms with E-state index < -0.39 is 0 Å². The summed E-state index contributed by atoms with van der Waals surface area (Å²) in [5.74, 6) is 2.68. The van der Waals surface area contributed by atoms with E-state index in [-0.39, 0.29) is 0 Å². The van der Waals surface area contributed by atoms with Crippen molar-refractivity contribution in [1.29, 1.82) is 0 Å². The van der Waals surface area contributed by atoms with Gasteiger partial charge in [0, 0.05) is 5.56 Å². The largest absolute Gasteiger partial charge is 0.497 e. The molecule has 0 amide bonds. The Kier molecular flexibility index (Phi) is 4.42. The van der Waals surface area contributed by atoms with Crippen molar-refractivity contribution < 1.29 is 9.15 Å². The zero-order chi connectivity index (χ0) is 12.8. The molecule has 2 aromatic rings. The van der Waals surface area contributed by atoms with Crippen molar-refractivity contribution >= 4 is 0 Å². The van der Waals surface area contributed by atoms with Gasteiger partial charge < -0.3 is 14.5 Å². The molecule has 96 valence electrons. The minimum absolute atomic E-state index is 0.776. The van der Waals surface area contributed by atoms with Gasteiger partial charge in [-0.05, 0) is 37.2 Å². The molecule has 0 aliphatic rings. The van der Waals surface area contributed by atoms with E-state index in [4.69, 9.17) is 9.15 Å². The van der Waals surface area contributed by atoms with Crippen molar-refractivity contribution in [2.45, 2.75) is 19.9 Å². The van der Waals surface area contributed by atoms with Crippen LogP contribution in [0.4, 0.5) is 0 Å². The second kappa shape index (κ2) is 6.26. The molecule has 0 saturated carbocycles. The third-order valence-electron chi connectivity index (χ3n) is 2.74. The predicted octanol–water partition coefficient (Wildman–Crippen LogP) is 3.45. The van der Waals surface area contributed by atoms with E-state index in [0.29, 0.717) is 0 Å². The molecule has 0 aliphatic heterocycles. The standard InChI is InChI=1S/C15H19NO2/c1-3-9-16-11-14-7-8-15(18-14)12-5-4-6-13(10-12)17-2/h4-8,10,16H,3,9,11H2,1-2H3. The monoisotopic (exact) mass is 245 g/mol. The molecule has 0 radical (unpaired) electrons. The molecule has 0 saturated heterocycles. The number of hydrogen-bond donors (Lipinski definition) is 1. The van der Waals surface area contributed by atoms with E-state index >= 15 is 0 Å². The molecule has 0 spiro atoms. The van der Waals surface area contributed by atoms with E-state index in [2.05, 4.69) is 12.2 Å². The number of furan rings is 1. The Hall–Kier alpha value is -1.74. The van der Waals surface area contributed by atoms with E-state index in [0.717, 1.165) is 42.3 Å². The minimum atomic E-state index is 0.776. The summed E-state index contributed by atoms with van der Waals surface area (Å²) in [6.07, 6.45) is 1.13. The van der Waals surface area contributed by atoms with Gasteiger partial charge in [0.2, 0.25) is 0 Å². The zero-order valence-electron chi connectivity index (χ0n) is 10.9. The highest BCUT2D eigenvalue weighted by atomic mass is 16.5. The number of ether oxygens (including phenoxy) is 1. The van der Waals surface area contributed by atoms with E-state index in [1.54, 1.807) is 7.11 Å². The third-order valence-corrected chi connectivity index (χ3v) is 2.74. The van der Waals surface area contributed by atoms with Gasteiger partial charge in [0.15, 0.2) is 0 Å². The number of hydrogen-bond acceptors (Lipinski definition) is 3. The van der Waals surface area contributed by atoms with Crippen molar-refractivity contribution in [3.8, 4) is 17.1 Å². The Balaban J connectivity index is 2.08. The molecule has 0 bridgehead atoms. The maximum atomic E-state index is 5.80. The van der Waals surface area contributed by atoms with Crippen LogP contribution in [0.3, 0.4) is 0 Å².